The van der Waals surface area contributed by atoms with Gasteiger partial charge in [-0.3, -0.25) is 4.79 Å². The number of nitrogens with two attached hydrogens (primary N) is 1. The van der Waals surface area contributed by atoms with Crippen molar-refractivity contribution in [1.82, 2.24) is 4.72 Å². The highest BCUT2D eigenvalue weighted by Crippen LogP contribution is 2.12. The zero-order valence-electron chi connectivity index (χ0n) is 10.7. The molecule has 1 rings (SSSR count). The van der Waals surface area contributed by atoms with E-state index in [-0.39, 0.29) is 22.4 Å². The maximum absolute atomic E-state index is 12.0. The highest BCUT2D eigenvalue weighted by molar-refractivity contribution is 7.89. The van der Waals surface area contributed by atoms with Crippen LogP contribution in [-0.4, -0.2) is 20.4 Å². The highest BCUT2D eigenvalue weighted by Gasteiger charge is 2.19. The molecule has 1 atom stereocenters. The normalized spacial score (nSPS) is 13.6. The number of hydrogen-bond acceptors (Lipinski definition) is 3. The summed E-state index contributed by atoms with van der Waals surface area (Å²) in [6, 6.07) is 5.38. The SMILES string of the molecule is CC(C)[C@@H](C)NS(=O)(=O)c1ccc(C(N)=O)cc1. The molecule has 5 nitrogen and oxygen atoms in total. The molecule has 0 aromatic heterocycles. The Morgan fingerprint density at radius 2 is 1.67 bits per heavy atom. The molecule has 1 aromatic rings. The van der Waals surface area contributed by atoms with Gasteiger partial charge >= 0.3 is 0 Å². The lowest BCUT2D eigenvalue weighted by Crippen LogP contribution is -2.36. The molecule has 0 unspecified atom stereocenters. The Labute approximate surface area is 107 Å². The summed E-state index contributed by atoms with van der Waals surface area (Å²) in [6.45, 7) is 5.67. The van der Waals surface area contributed by atoms with Gasteiger partial charge in [-0.25, -0.2) is 13.1 Å². The largest absolute Gasteiger partial charge is 0.366 e. The highest BCUT2D eigenvalue weighted by atomic mass is 32.2. The fourth-order valence-corrected chi connectivity index (χ4v) is 2.64. The number of carbonyl (C=O) groups excluding carboxylic acids is 1. The van der Waals surface area contributed by atoms with E-state index in [9.17, 15) is 13.2 Å². The molecule has 0 aliphatic carbocycles. The lowest BCUT2D eigenvalue weighted by Gasteiger charge is -2.17. The second-order valence-electron chi connectivity index (χ2n) is 4.54. The van der Waals surface area contributed by atoms with E-state index in [4.69, 9.17) is 5.73 Å². The molecule has 0 saturated heterocycles. The molecule has 1 amide bonds. The first-order valence-electron chi connectivity index (χ1n) is 5.66. The number of nitrogens with one attached hydrogen (secondary N) is 1. The van der Waals surface area contributed by atoms with Crippen molar-refractivity contribution >= 4 is 15.9 Å². The number of sulfonamides is 1. The summed E-state index contributed by atoms with van der Waals surface area (Å²) < 4.78 is 26.6. The molecule has 6 heteroatoms. The number of amides is 1. The fourth-order valence-electron chi connectivity index (χ4n) is 1.25. The van der Waals surface area contributed by atoms with Crippen LogP contribution in [0.4, 0.5) is 0 Å². The Morgan fingerprint density at radius 3 is 2.06 bits per heavy atom. The van der Waals surface area contributed by atoms with Crippen molar-refractivity contribution in [3.63, 3.8) is 0 Å². The molecular weight excluding hydrogens is 252 g/mol. The molecular formula is C12H18N2O3S. The Hall–Kier alpha value is -1.40. The molecule has 18 heavy (non-hydrogen) atoms. The molecule has 100 valence electrons. The lowest BCUT2D eigenvalue weighted by molar-refractivity contribution is 0.1000. The summed E-state index contributed by atoms with van der Waals surface area (Å²) in [5.74, 6) is -0.382. The van der Waals surface area contributed by atoms with Crippen LogP contribution in [0.3, 0.4) is 0 Å². The monoisotopic (exact) mass is 270 g/mol. The first kappa shape index (κ1) is 14.7. The van der Waals surface area contributed by atoms with Crippen molar-refractivity contribution in [2.24, 2.45) is 11.7 Å². The van der Waals surface area contributed by atoms with Gasteiger partial charge in [-0.15, -0.1) is 0 Å². The third kappa shape index (κ3) is 3.54. The number of benzene rings is 1. The van der Waals surface area contributed by atoms with Crippen molar-refractivity contribution < 1.29 is 13.2 Å². The average Bonchev–Trinajstić information content (AvgIpc) is 2.28. The van der Waals surface area contributed by atoms with Gasteiger partial charge in [0.15, 0.2) is 0 Å². The summed E-state index contributed by atoms with van der Waals surface area (Å²) in [5.41, 5.74) is 5.37. The molecule has 0 spiro atoms. The smallest absolute Gasteiger partial charge is 0.248 e. The van der Waals surface area contributed by atoms with Gasteiger partial charge in [-0.05, 0) is 37.1 Å². The minimum absolute atomic E-state index is 0.125. The second kappa shape index (κ2) is 5.49. The summed E-state index contributed by atoms with van der Waals surface area (Å²) in [4.78, 5) is 11.0. The number of rotatable bonds is 5. The van der Waals surface area contributed by atoms with Gasteiger partial charge in [0.2, 0.25) is 15.9 Å². The molecule has 0 aliphatic heterocycles. The summed E-state index contributed by atoms with van der Waals surface area (Å²) in [5, 5.41) is 0. The van der Waals surface area contributed by atoms with Crippen molar-refractivity contribution in [3.05, 3.63) is 29.8 Å². The summed E-state index contributed by atoms with van der Waals surface area (Å²) >= 11 is 0. The minimum atomic E-state index is -3.55. The van der Waals surface area contributed by atoms with Crippen LogP contribution in [0.5, 0.6) is 0 Å². The van der Waals surface area contributed by atoms with E-state index < -0.39 is 15.9 Å². The first-order chi connectivity index (χ1) is 8.24. The summed E-state index contributed by atoms with van der Waals surface area (Å²) in [7, 11) is -3.55. The summed E-state index contributed by atoms with van der Waals surface area (Å²) in [6.07, 6.45) is 0. The Kier molecular flexibility index (Phi) is 4.48. The molecule has 0 bridgehead atoms. The predicted molar refractivity (Wildman–Crippen MR) is 69.6 cm³/mol. The lowest BCUT2D eigenvalue weighted by atomic mass is 10.1. The zero-order chi connectivity index (χ0) is 13.9. The molecule has 0 radical (unpaired) electrons. The third-order valence-corrected chi connectivity index (χ3v) is 4.37. The molecule has 0 aliphatic rings. The molecule has 1 aromatic carbocycles. The molecule has 3 N–H and O–H groups in total. The average molecular weight is 270 g/mol. The van der Waals surface area contributed by atoms with E-state index in [0.29, 0.717) is 0 Å². The third-order valence-electron chi connectivity index (χ3n) is 2.79. The first-order valence-corrected chi connectivity index (χ1v) is 7.14. The van der Waals surface area contributed by atoms with E-state index in [0.717, 1.165) is 0 Å². The molecule has 0 saturated carbocycles. The van der Waals surface area contributed by atoms with Gasteiger partial charge in [0.1, 0.15) is 0 Å². The van der Waals surface area contributed by atoms with Crippen LogP contribution in [0.15, 0.2) is 29.2 Å². The Morgan fingerprint density at radius 1 is 1.17 bits per heavy atom. The number of hydrogen-bond donors (Lipinski definition) is 2. The van der Waals surface area contributed by atoms with E-state index in [1.165, 1.54) is 24.3 Å². The Bertz CT molecular complexity index is 521. The zero-order valence-corrected chi connectivity index (χ0v) is 11.5. The standard InChI is InChI=1S/C12H18N2O3S/c1-8(2)9(3)14-18(16,17)11-6-4-10(5-7-11)12(13)15/h4-9,14H,1-3H3,(H2,13,15)/t9-/m1/s1. The van der Waals surface area contributed by atoms with Gasteiger partial charge in [-0.1, -0.05) is 13.8 Å². The van der Waals surface area contributed by atoms with Crippen molar-refractivity contribution in [3.8, 4) is 0 Å². The van der Waals surface area contributed by atoms with Gasteiger partial charge in [0, 0.05) is 11.6 Å². The van der Waals surface area contributed by atoms with E-state index in [1.807, 2.05) is 13.8 Å². The van der Waals surface area contributed by atoms with Crippen LogP contribution < -0.4 is 10.5 Å². The van der Waals surface area contributed by atoms with Crippen LogP contribution in [0.1, 0.15) is 31.1 Å². The topological polar surface area (TPSA) is 89.3 Å². The van der Waals surface area contributed by atoms with Crippen molar-refractivity contribution in [1.29, 1.82) is 0 Å². The van der Waals surface area contributed by atoms with Crippen molar-refractivity contribution in [2.75, 3.05) is 0 Å². The number of carbonyl (C=O) groups is 1. The molecule has 0 fully saturated rings. The van der Waals surface area contributed by atoms with Gasteiger partial charge in [0.05, 0.1) is 4.90 Å². The predicted octanol–water partition coefficient (Wildman–Crippen LogP) is 1.11. The van der Waals surface area contributed by atoms with E-state index >= 15 is 0 Å². The van der Waals surface area contributed by atoms with Crippen molar-refractivity contribution in [2.45, 2.75) is 31.7 Å². The van der Waals surface area contributed by atoms with Gasteiger partial charge in [-0.2, -0.15) is 0 Å². The maximum Gasteiger partial charge on any atom is 0.248 e. The van der Waals surface area contributed by atoms with E-state index in [2.05, 4.69) is 4.72 Å². The fraction of sp³-hybridized carbons (Fsp3) is 0.417. The van der Waals surface area contributed by atoms with Crippen LogP contribution in [0.25, 0.3) is 0 Å². The second-order valence-corrected chi connectivity index (χ2v) is 6.26. The van der Waals surface area contributed by atoms with Crippen LogP contribution in [0.2, 0.25) is 0 Å². The van der Waals surface area contributed by atoms with Gasteiger partial charge in [0.25, 0.3) is 0 Å². The van der Waals surface area contributed by atoms with Gasteiger partial charge < -0.3 is 5.73 Å². The minimum Gasteiger partial charge on any atom is -0.366 e. The Balaban J connectivity index is 2.95. The van der Waals surface area contributed by atoms with Crippen LogP contribution in [0, 0.1) is 5.92 Å². The van der Waals surface area contributed by atoms with Crippen LogP contribution in [-0.2, 0) is 10.0 Å². The maximum atomic E-state index is 12.0. The number of primary amides is 1. The quantitative estimate of drug-likeness (QED) is 0.839. The van der Waals surface area contributed by atoms with E-state index in [1.54, 1.807) is 6.92 Å². The van der Waals surface area contributed by atoms with Crippen LogP contribution >= 0.6 is 0 Å². The molecule has 0 heterocycles.